The lowest BCUT2D eigenvalue weighted by Crippen LogP contribution is -2.30. The van der Waals surface area contributed by atoms with Gasteiger partial charge in [-0.2, -0.15) is 0 Å². The molecule has 0 heterocycles. The van der Waals surface area contributed by atoms with Crippen molar-refractivity contribution in [3.05, 3.63) is 41.4 Å². The number of ether oxygens (including phenoxy) is 3. The van der Waals surface area contributed by atoms with Gasteiger partial charge < -0.3 is 14.2 Å². The zero-order valence-corrected chi connectivity index (χ0v) is 16.0. The van der Waals surface area contributed by atoms with E-state index in [4.69, 9.17) is 25.8 Å². The van der Waals surface area contributed by atoms with E-state index in [1.54, 1.807) is 25.1 Å². The third kappa shape index (κ3) is 3.77. The molecule has 25 heavy (non-hydrogen) atoms. The summed E-state index contributed by atoms with van der Waals surface area (Å²) in [4.78, 5) is 0.0786. The summed E-state index contributed by atoms with van der Waals surface area (Å²) in [6, 6.07) is 9.30. The Balaban J connectivity index is 2.50. The van der Waals surface area contributed by atoms with Gasteiger partial charge >= 0.3 is 0 Å². The zero-order valence-electron chi connectivity index (χ0n) is 14.4. The second kappa shape index (κ2) is 7.84. The number of methoxy groups -OCH3 is 3. The standard InChI is InChI=1S/C17H20ClNO5S/c1-5-19(12-6-8-16(23-3)17(10-12)24-4)25(20,21)13-7-9-15(22-2)14(18)11-13/h6-11H,5H2,1-4H3. The van der Waals surface area contributed by atoms with Gasteiger partial charge in [-0.3, -0.25) is 4.31 Å². The molecule has 0 atom stereocenters. The molecular formula is C17H20ClNO5S. The summed E-state index contributed by atoms with van der Waals surface area (Å²) in [5.74, 6) is 1.38. The molecule has 0 bridgehead atoms. The molecule has 0 aromatic heterocycles. The third-order valence-corrected chi connectivity index (χ3v) is 5.85. The van der Waals surface area contributed by atoms with E-state index in [0.717, 1.165) is 0 Å². The van der Waals surface area contributed by atoms with Crippen LogP contribution >= 0.6 is 11.6 Å². The van der Waals surface area contributed by atoms with Crippen molar-refractivity contribution < 1.29 is 22.6 Å². The second-order valence-electron chi connectivity index (χ2n) is 5.01. The zero-order chi connectivity index (χ0) is 18.6. The molecule has 0 unspecified atom stereocenters. The van der Waals surface area contributed by atoms with E-state index < -0.39 is 10.0 Å². The smallest absolute Gasteiger partial charge is 0.264 e. The first-order chi connectivity index (χ1) is 11.9. The van der Waals surface area contributed by atoms with Gasteiger partial charge in [0.15, 0.2) is 11.5 Å². The molecule has 8 heteroatoms. The minimum absolute atomic E-state index is 0.0786. The van der Waals surface area contributed by atoms with Crippen LogP contribution in [0.25, 0.3) is 0 Å². The minimum atomic E-state index is -3.80. The average Bonchev–Trinajstić information content (AvgIpc) is 2.61. The first-order valence-electron chi connectivity index (χ1n) is 7.47. The van der Waals surface area contributed by atoms with E-state index in [9.17, 15) is 8.42 Å². The van der Waals surface area contributed by atoms with Gasteiger partial charge in [-0.25, -0.2) is 8.42 Å². The Bertz CT molecular complexity index is 854. The van der Waals surface area contributed by atoms with Crippen molar-refractivity contribution in [2.75, 3.05) is 32.2 Å². The summed E-state index contributed by atoms with van der Waals surface area (Å²) in [6.45, 7) is 1.99. The highest BCUT2D eigenvalue weighted by Gasteiger charge is 2.25. The Morgan fingerprint density at radius 1 is 0.920 bits per heavy atom. The third-order valence-electron chi connectivity index (χ3n) is 3.65. The average molecular weight is 386 g/mol. The number of benzene rings is 2. The number of anilines is 1. The molecule has 0 radical (unpaired) electrons. The van der Waals surface area contributed by atoms with Crippen LogP contribution < -0.4 is 18.5 Å². The fraction of sp³-hybridized carbons (Fsp3) is 0.294. The molecule has 0 amide bonds. The largest absolute Gasteiger partial charge is 0.495 e. The van der Waals surface area contributed by atoms with Crippen LogP contribution in [0.1, 0.15) is 6.92 Å². The van der Waals surface area contributed by atoms with Crippen molar-refractivity contribution in [2.24, 2.45) is 0 Å². The molecule has 0 saturated carbocycles. The number of nitrogens with zero attached hydrogens (tertiary/aromatic N) is 1. The van der Waals surface area contributed by atoms with Crippen LogP contribution in [-0.4, -0.2) is 36.3 Å². The molecule has 0 aliphatic rings. The molecule has 136 valence electrons. The predicted molar refractivity (Wildman–Crippen MR) is 97.8 cm³/mol. The lowest BCUT2D eigenvalue weighted by Gasteiger charge is -2.24. The Morgan fingerprint density at radius 2 is 1.52 bits per heavy atom. The van der Waals surface area contributed by atoms with Crippen LogP contribution in [0.15, 0.2) is 41.3 Å². The summed E-state index contributed by atoms with van der Waals surface area (Å²) >= 11 is 6.07. The fourth-order valence-corrected chi connectivity index (χ4v) is 4.22. The summed E-state index contributed by atoms with van der Waals surface area (Å²) in [5, 5.41) is 0.229. The monoisotopic (exact) mass is 385 g/mol. The van der Waals surface area contributed by atoms with Crippen molar-refractivity contribution in [2.45, 2.75) is 11.8 Å². The lowest BCUT2D eigenvalue weighted by atomic mass is 10.2. The topological polar surface area (TPSA) is 65.1 Å². The number of hydrogen-bond donors (Lipinski definition) is 0. The molecule has 2 aromatic carbocycles. The Kier molecular flexibility index (Phi) is 6.02. The molecule has 0 aliphatic carbocycles. The molecule has 2 rings (SSSR count). The van der Waals surface area contributed by atoms with Gasteiger partial charge in [-0.15, -0.1) is 0 Å². The molecule has 0 aliphatic heterocycles. The number of rotatable bonds is 7. The highest BCUT2D eigenvalue weighted by atomic mass is 35.5. The van der Waals surface area contributed by atoms with Gasteiger partial charge in [0, 0.05) is 12.6 Å². The van der Waals surface area contributed by atoms with Crippen molar-refractivity contribution in [3.8, 4) is 17.2 Å². The van der Waals surface area contributed by atoms with Crippen LogP contribution in [-0.2, 0) is 10.0 Å². The van der Waals surface area contributed by atoms with Crippen molar-refractivity contribution in [1.82, 2.24) is 0 Å². The van der Waals surface area contributed by atoms with Crippen molar-refractivity contribution in [3.63, 3.8) is 0 Å². The maximum Gasteiger partial charge on any atom is 0.264 e. The summed E-state index contributed by atoms with van der Waals surface area (Å²) in [5.41, 5.74) is 0.465. The highest BCUT2D eigenvalue weighted by molar-refractivity contribution is 7.92. The first kappa shape index (κ1) is 19.2. The van der Waals surface area contributed by atoms with E-state index in [-0.39, 0.29) is 16.5 Å². The van der Waals surface area contributed by atoms with E-state index >= 15 is 0 Å². The molecule has 0 saturated heterocycles. The maximum absolute atomic E-state index is 13.0. The van der Waals surface area contributed by atoms with Gasteiger partial charge in [0.2, 0.25) is 0 Å². The van der Waals surface area contributed by atoms with E-state index in [1.165, 1.54) is 43.8 Å². The van der Waals surface area contributed by atoms with Gasteiger partial charge in [-0.1, -0.05) is 11.6 Å². The maximum atomic E-state index is 13.0. The van der Waals surface area contributed by atoms with Gasteiger partial charge in [0.05, 0.1) is 36.9 Å². The molecule has 2 aromatic rings. The Hall–Kier alpha value is -2.12. The van der Waals surface area contributed by atoms with E-state index in [1.807, 2.05) is 0 Å². The molecule has 6 nitrogen and oxygen atoms in total. The number of sulfonamides is 1. The van der Waals surface area contributed by atoms with Gasteiger partial charge in [0.1, 0.15) is 5.75 Å². The summed E-state index contributed by atoms with van der Waals surface area (Å²) in [7, 11) is 0.685. The van der Waals surface area contributed by atoms with Crippen LogP contribution in [0.2, 0.25) is 5.02 Å². The highest BCUT2D eigenvalue weighted by Crippen LogP contribution is 2.35. The van der Waals surface area contributed by atoms with Crippen molar-refractivity contribution in [1.29, 1.82) is 0 Å². The second-order valence-corrected chi connectivity index (χ2v) is 7.27. The molecule has 0 N–H and O–H groups in total. The quantitative estimate of drug-likeness (QED) is 0.728. The van der Waals surface area contributed by atoms with Crippen molar-refractivity contribution >= 4 is 27.3 Å². The van der Waals surface area contributed by atoms with Gasteiger partial charge in [0.25, 0.3) is 10.0 Å². The fourth-order valence-electron chi connectivity index (χ4n) is 2.41. The molecular weight excluding hydrogens is 366 g/mol. The summed E-state index contributed by atoms with van der Waals surface area (Å²) < 4.78 is 42.8. The number of halogens is 1. The number of hydrogen-bond acceptors (Lipinski definition) is 5. The Labute approximate surface area is 152 Å². The minimum Gasteiger partial charge on any atom is -0.495 e. The van der Waals surface area contributed by atoms with Gasteiger partial charge in [-0.05, 0) is 37.3 Å². The van der Waals surface area contributed by atoms with Crippen LogP contribution in [0.4, 0.5) is 5.69 Å². The SMILES string of the molecule is CCN(c1ccc(OC)c(OC)c1)S(=O)(=O)c1ccc(OC)c(Cl)c1. The predicted octanol–water partition coefficient (Wildman–Crippen LogP) is 3.58. The van der Waals surface area contributed by atoms with E-state index in [2.05, 4.69) is 0 Å². The van der Waals surface area contributed by atoms with E-state index in [0.29, 0.717) is 22.9 Å². The Morgan fingerprint density at radius 3 is 2.04 bits per heavy atom. The lowest BCUT2D eigenvalue weighted by molar-refractivity contribution is 0.355. The summed E-state index contributed by atoms with van der Waals surface area (Å²) in [6.07, 6.45) is 0. The normalized spacial score (nSPS) is 11.1. The van der Waals surface area contributed by atoms with Crippen LogP contribution in [0.3, 0.4) is 0 Å². The van der Waals surface area contributed by atoms with Crippen LogP contribution in [0.5, 0.6) is 17.2 Å². The first-order valence-corrected chi connectivity index (χ1v) is 9.29. The van der Waals surface area contributed by atoms with Crippen LogP contribution in [0, 0.1) is 0 Å². The molecule has 0 fully saturated rings. The molecule has 0 spiro atoms.